The second kappa shape index (κ2) is 6.87. The van der Waals surface area contributed by atoms with Gasteiger partial charge in [0.2, 0.25) is 0 Å². The van der Waals surface area contributed by atoms with Crippen molar-refractivity contribution < 1.29 is 5.11 Å². The van der Waals surface area contributed by atoms with Crippen LogP contribution in [0.3, 0.4) is 0 Å². The van der Waals surface area contributed by atoms with Gasteiger partial charge in [0.1, 0.15) is 5.82 Å². The van der Waals surface area contributed by atoms with E-state index in [2.05, 4.69) is 41.2 Å². The number of nitrogens with zero attached hydrogens (tertiary/aromatic N) is 2. The first kappa shape index (κ1) is 14.3. The van der Waals surface area contributed by atoms with E-state index in [1.807, 2.05) is 6.20 Å². The van der Waals surface area contributed by atoms with Gasteiger partial charge in [-0.15, -0.1) is 0 Å². The molecule has 19 heavy (non-hydrogen) atoms. The number of anilines is 1. The molecule has 0 amide bonds. The second-order valence-electron chi connectivity index (χ2n) is 5.67. The summed E-state index contributed by atoms with van der Waals surface area (Å²) < 4.78 is 0. The van der Waals surface area contributed by atoms with Crippen molar-refractivity contribution in [1.29, 1.82) is 0 Å². The van der Waals surface area contributed by atoms with Gasteiger partial charge in [-0.1, -0.05) is 19.9 Å². The van der Waals surface area contributed by atoms with Gasteiger partial charge in [0.15, 0.2) is 0 Å². The largest absolute Gasteiger partial charge is 0.396 e. The van der Waals surface area contributed by atoms with Crippen LogP contribution in [0.25, 0.3) is 0 Å². The molecule has 0 aliphatic carbocycles. The van der Waals surface area contributed by atoms with E-state index < -0.39 is 0 Å². The van der Waals surface area contributed by atoms with Crippen LogP contribution in [-0.2, 0) is 6.54 Å². The highest BCUT2D eigenvalue weighted by atomic mass is 16.3. The Balaban J connectivity index is 1.88. The second-order valence-corrected chi connectivity index (χ2v) is 5.67. The molecule has 1 atom stereocenters. The van der Waals surface area contributed by atoms with Crippen LogP contribution >= 0.6 is 0 Å². The zero-order valence-electron chi connectivity index (χ0n) is 12.0. The van der Waals surface area contributed by atoms with Crippen LogP contribution < -0.4 is 10.2 Å². The molecule has 1 aliphatic heterocycles. The topological polar surface area (TPSA) is 48.4 Å². The Morgan fingerprint density at radius 1 is 1.47 bits per heavy atom. The lowest BCUT2D eigenvalue weighted by Gasteiger charge is -2.18. The molecule has 0 bridgehead atoms. The summed E-state index contributed by atoms with van der Waals surface area (Å²) in [5, 5.41) is 12.4. The Hall–Kier alpha value is -1.13. The van der Waals surface area contributed by atoms with Crippen molar-refractivity contribution in [3.8, 4) is 0 Å². The highest BCUT2D eigenvalue weighted by Gasteiger charge is 2.22. The predicted molar refractivity (Wildman–Crippen MR) is 78.2 cm³/mol. The van der Waals surface area contributed by atoms with Crippen molar-refractivity contribution >= 4 is 5.82 Å². The number of pyridine rings is 1. The van der Waals surface area contributed by atoms with Gasteiger partial charge in [-0.2, -0.15) is 0 Å². The molecule has 1 aromatic rings. The summed E-state index contributed by atoms with van der Waals surface area (Å²) in [4.78, 5) is 6.88. The fraction of sp³-hybridized carbons (Fsp3) is 0.667. The molecule has 1 aliphatic rings. The van der Waals surface area contributed by atoms with E-state index in [9.17, 15) is 0 Å². The van der Waals surface area contributed by atoms with Gasteiger partial charge < -0.3 is 15.3 Å². The van der Waals surface area contributed by atoms with Crippen molar-refractivity contribution in [3.63, 3.8) is 0 Å². The first-order valence-electron chi connectivity index (χ1n) is 7.23. The number of aliphatic hydroxyl groups excluding tert-OH is 1. The Morgan fingerprint density at radius 3 is 2.95 bits per heavy atom. The summed E-state index contributed by atoms with van der Waals surface area (Å²) in [6, 6.07) is 4.76. The van der Waals surface area contributed by atoms with E-state index in [-0.39, 0.29) is 0 Å². The average Bonchev–Trinajstić information content (AvgIpc) is 2.86. The lowest BCUT2D eigenvalue weighted by molar-refractivity contribution is 0.263. The quantitative estimate of drug-likeness (QED) is 0.821. The van der Waals surface area contributed by atoms with E-state index in [0.717, 1.165) is 31.9 Å². The Morgan fingerprint density at radius 2 is 2.32 bits per heavy atom. The molecule has 1 unspecified atom stereocenters. The molecule has 1 aromatic heterocycles. The summed E-state index contributed by atoms with van der Waals surface area (Å²) in [7, 11) is 0. The van der Waals surface area contributed by atoms with Crippen molar-refractivity contribution in [3.05, 3.63) is 23.9 Å². The van der Waals surface area contributed by atoms with Gasteiger partial charge in [0, 0.05) is 38.5 Å². The number of aliphatic hydroxyl groups is 1. The number of rotatable bonds is 6. The van der Waals surface area contributed by atoms with Crippen molar-refractivity contribution in [2.75, 3.05) is 24.6 Å². The molecular weight excluding hydrogens is 238 g/mol. The molecule has 0 radical (unpaired) electrons. The molecule has 0 saturated carbocycles. The zero-order chi connectivity index (χ0) is 13.7. The highest BCUT2D eigenvalue weighted by molar-refractivity contribution is 5.40. The summed E-state index contributed by atoms with van der Waals surface area (Å²) in [5.41, 5.74) is 1.23. The van der Waals surface area contributed by atoms with Gasteiger partial charge in [-0.3, -0.25) is 0 Å². The third kappa shape index (κ3) is 4.18. The van der Waals surface area contributed by atoms with E-state index in [4.69, 9.17) is 5.11 Å². The first-order valence-corrected chi connectivity index (χ1v) is 7.23. The van der Waals surface area contributed by atoms with Gasteiger partial charge in [-0.25, -0.2) is 4.98 Å². The molecule has 4 heteroatoms. The maximum atomic E-state index is 8.98. The normalized spacial score (nSPS) is 19.4. The molecule has 2 heterocycles. The molecule has 0 aromatic carbocycles. The standard InChI is InChI=1S/C15H25N3O/c1-12(2)16-9-14-3-4-15(17-10-14)18-7-5-13(11-18)6-8-19/h3-4,10,12-13,16,19H,5-9,11H2,1-2H3. The highest BCUT2D eigenvalue weighted by Crippen LogP contribution is 2.23. The minimum absolute atomic E-state index is 0.297. The predicted octanol–water partition coefficient (Wildman–Crippen LogP) is 1.79. The SMILES string of the molecule is CC(C)NCc1ccc(N2CCC(CCO)C2)nc1. The van der Waals surface area contributed by atoms with Crippen LogP contribution in [0, 0.1) is 5.92 Å². The van der Waals surface area contributed by atoms with Crippen LogP contribution in [0.4, 0.5) is 5.82 Å². The summed E-state index contributed by atoms with van der Waals surface area (Å²) in [6.07, 6.45) is 4.04. The lowest BCUT2D eigenvalue weighted by atomic mass is 10.1. The molecule has 0 spiro atoms. The number of aromatic nitrogens is 1. The maximum absolute atomic E-state index is 8.98. The summed E-state index contributed by atoms with van der Waals surface area (Å²) in [6.45, 7) is 7.54. The van der Waals surface area contributed by atoms with E-state index >= 15 is 0 Å². The number of hydrogen-bond acceptors (Lipinski definition) is 4. The molecular formula is C15H25N3O. The van der Waals surface area contributed by atoms with Crippen molar-refractivity contribution in [1.82, 2.24) is 10.3 Å². The fourth-order valence-electron chi connectivity index (χ4n) is 2.49. The Kier molecular flexibility index (Phi) is 5.16. The maximum Gasteiger partial charge on any atom is 0.128 e. The number of nitrogens with one attached hydrogen (secondary N) is 1. The van der Waals surface area contributed by atoms with E-state index in [0.29, 0.717) is 18.6 Å². The van der Waals surface area contributed by atoms with Crippen LogP contribution in [0.5, 0.6) is 0 Å². The fourth-order valence-corrected chi connectivity index (χ4v) is 2.49. The Bertz CT molecular complexity index is 377. The monoisotopic (exact) mass is 263 g/mol. The minimum atomic E-state index is 0.297. The van der Waals surface area contributed by atoms with Crippen molar-refractivity contribution in [2.45, 2.75) is 39.3 Å². The summed E-state index contributed by atoms with van der Waals surface area (Å²) >= 11 is 0. The molecule has 1 fully saturated rings. The molecule has 2 N–H and O–H groups in total. The van der Waals surface area contributed by atoms with Crippen LogP contribution in [-0.4, -0.2) is 35.8 Å². The van der Waals surface area contributed by atoms with Gasteiger partial charge >= 0.3 is 0 Å². The van der Waals surface area contributed by atoms with E-state index in [1.165, 1.54) is 12.0 Å². The van der Waals surface area contributed by atoms with Crippen LogP contribution in [0.2, 0.25) is 0 Å². The van der Waals surface area contributed by atoms with Crippen molar-refractivity contribution in [2.24, 2.45) is 5.92 Å². The van der Waals surface area contributed by atoms with Gasteiger partial charge in [-0.05, 0) is 30.4 Å². The minimum Gasteiger partial charge on any atom is -0.396 e. The molecule has 1 saturated heterocycles. The van der Waals surface area contributed by atoms with Crippen LogP contribution in [0.1, 0.15) is 32.3 Å². The third-order valence-corrected chi connectivity index (χ3v) is 3.67. The summed E-state index contributed by atoms with van der Waals surface area (Å²) in [5.74, 6) is 1.68. The molecule has 2 rings (SSSR count). The molecule has 106 valence electrons. The van der Waals surface area contributed by atoms with Gasteiger partial charge in [0.25, 0.3) is 0 Å². The third-order valence-electron chi connectivity index (χ3n) is 3.67. The van der Waals surface area contributed by atoms with Gasteiger partial charge in [0.05, 0.1) is 0 Å². The zero-order valence-corrected chi connectivity index (χ0v) is 12.0. The van der Waals surface area contributed by atoms with E-state index in [1.54, 1.807) is 0 Å². The average molecular weight is 263 g/mol. The first-order chi connectivity index (χ1) is 9.19. The number of hydrogen-bond donors (Lipinski definition) is 2. The van der Waals surface area contributed by atoms with Crippen LogP contribution in [0.15, 0.2) is 18.3 Å². The smallest absolute Gasteiger partial charge is 0.128 e. The lowest BCUT2D eigenvalue weighted by Crippen LogP contribution is -2.23. The molecule has 4 nitrogen and oxygen atoms in total. The Labute approximate surface area is 115 Å².